The highest BCUT2D eigenvalue weighted by molar-refractivity contribution is 7.13. The second kappa shape index (κ2) is 6.85. The zero-order chi connectivity index (χ0) is 17.1. The van der Waals surface area contributed by atoms with Crippen molar-refractivity contribution in [3.63, 3.8) is 0 Å². The summed E-state index contributed by atoms with van der Waals surface area (Å²) in [5.74, 6) is 1.50. The molecule has 0 saturated carbocycles. The number of hydrogen-bond acceptors (Lipinski definition) is 7. The van der Waals surface area contributed by atoms with Crippen molar-refractivity contribution in [3.8, 4) is 11.3 Å². The highest BCUT2D eigenvalue weighted by Gasteiger charge is 2.14. The zero-order valence-electron chi connectivity index (χ0n) is 12.9. The normalized spacial score (nSPS) is 10.9. The lowest BCUT2D eigenvalue weighted by Crippen LogP contribution is -2.10. The Balaban J connectivity index is 1.79. The van der Waals surface area contributed by atoms with Crippen LogP contribution in [0.5, 0.6) is 0 Å². The van der Waals surface area contributed by atoms with Crippen molar-refractivity contribution in [2.45, 2.75) is 20.0 Å². The Hall–Kier alpha value is -2.65. The Bertz CT molecular complexity index is 851. The predicted octanol–water partition coefficient (Wildman–Crippen LogP) is 3.03. The van der Waals surface area contributed by atoms with Crippen molar-refractivity contribution in [2.24, 2.45) is 0 Å². The van der Waals surface area contributed by atoms with Gasteiger partial charge in [-0.3, -0.25) is 10.1 Å². The number of rotatable bonds is 7. The van der Waals surface area contributed by atoms with E-state index in [0.717, 1.165) is 39.7 Å². The van der Waals surface area contributed by atoms with E-state index in [1.807, 2.05) is 19.1 Å². The van der Waals surface area contributed by atoms with Gasteiger partial charge in [-0.2, -0.15) is 5.10 Å². The molecule has 0 spiro atoms. The van der Waals surface area contributed by atoms with E-state index in [4.69, 9.17) is 4.42 Å². The number of furan rings is 1. The Morgan fingerprint density at radius 1 is 1.50 bits per heavy atom. The van der Waals surface area contributed by atoms with Gasteiger partial charge in [0.2, 0.25) is 0 Å². The van der Waals surface area contributed by atoms with Crippen molar-refractivity contribution < 1.29 is 14.4 Å². The summed E-state index contributed by atoms with van der Waals surface area (Å²) in [4.78, 5) is 10.3. The molecule has 8 nitrogen and oxygen atoms in total. The number of aryl methyl sites for hydroxylation is 1. The number of nitrogens with one attached hydrogen (secondary N) is 1. The molecule has 2 N–H and O–H groups in total. The maximum absolute atomic E-state index is 10.7. The van der Waals surface area contributed by atoms with Gasteiger partial charge in [0, 0.05) is 29.6 Å². The average Bonchev–Trinajstić information content (AvgIpc) is 3.25. The molecule has 0 atom stereocenters. The van der Waals surface area contributed by atoms with Crippen molar-refractivity contribution >= 4 is 22.2 Å². The number of aliphatic hydroxyl groups excluding tert-OH is 1. The molecule has 126 valence electrons. The van der Waals surface area contributed by atoms with Crippen LogP contribution in [0, 0.1) is 17.0 Å². The largest absolute Gasteiger partial charge is 0.469 e. The number of hydrogen-bond donors (Lipinski definition) is 2. The van der Waals surface area contributed by atoms with Crippen LogP contribution >= 0.6 is 11.3 Å². The molecular weight excluding hydrogens is 332 g/mol. The van der Waals surface area contributed by atoms with Crippen LogP contribution in [-0.4, -0.2) is 26.4 Å². The fourth-order valence-corrected chi connectivity index (χ4v) is 3.08. The van der Waals surface area contributed by atoms with E-state index in [9.17, 15) is 15.2 Å². The second-order valence-corrected chi connectivity index (χ2v) is 6.05. The first-order valence-electron chi connectivity index (χ1n) is 7.27. The van der Waals surface area contributed by atoms with E-state index in [-0.39, 0.29) is 11.6 Å². The average molecular weight is 348 g/mol. The molecular formula is C15H16N4O4S. The van der Waals surface area contributed by atoms with Gasteiger partial charge in [0.15, 0.2) is 0 Å². The van der Waals surface area contributed by atoms with Crippen LogP contribution in [0.25, 0.3) is 11.3 Å². The van der Waals surface area contributed by atoms with E-state index in [0.29, 0.717) is 13.1 Å². The molecule has 0 saturated heterocycles. The van der Waals surface area contributed by atoms with Gasteiger partial charge in [0.1, 0.15) is 11.6 Å². The van der Waals surface area contributed by atoms with E-state index in [1.54, 1.807) is 22.4 Å². The van der Waals surface area contributed by atoms with E-state index < -0.39 is 4.92 Å². The standard InChI is InChI=1S/C15H16N4O4S/c1-10-12(2-5-23-10)13-7-14(18(17-13)3-4-20)16-8-11-6-15(19(21)22)24-9-11/h2,5-7,9,16,20H,3-4,8H2,1H3. The highest BCUT2D eigenvalue weighted by atomic mass is 32.1. The fourth-order valence-electron chi connectivity index (χ4n) is 2.35. The summed E-state index contributed by atoms with van der Waals surface area (Å²) < 4.78 is 6.97. The molecule has 0 radical (unpaired) electrons. The van der Waals surface area contributed by atoms with Gasteiger partial charge in [-0.15, -0.1) is 0 Å². The molecule has 0 amide bonds. The maximum Gasteiger partial charge on any atom is 0.324 e. The van der Waals surface area contributed by atoms with Gasteiger partial charge in [0.05, 0.1) is 30.0 Å². The number of aliphatic hydroxyl groups is 1. The van der Waals surface area contributed by atoms with Crippen LogP contribution in [0.3, 0.4) is 0 Å². The van der Waals surface area contributed by atoms with Crippen LogP contribution in [0.15, 0.2) is 34.3 Å². The number of thiophene rings is 1. The molecule has 0 aliphatic rings. The van der Waals surface area contributed by atoms with Gasteiger partial charge >= 0.3 is 5.00 Å². The molecule has 0 bridgehead atoms. The summed E-state index contributed by atoms with van der Waals surface area (Å²) in [5, 5.41) is 29.5. The zero-order valence-corrected chi connectivity index (χ0v) is 13.7. The molecule has 0 aliphatic heterocycles. The Morgan fingerprint density at radius 2 is 2.33 bits per heavy atom. The third-order valence-corrected chi connectivity index (χ3v) is 4.45. The number of aromatic nitrogens is 2. The van der Waals surface area contributed by atoms with Crippen LogP contribution in [0.1, 0.15) is 11.3 Å². The number of nitro groups is 1. The fraction of sp³-hybridized carbons (Fsp3) is 0.267. The quantitative estimate of drug-likeness (QED) is 0.502. The smallest absolute Gasteiger partial charge is 0.324 e. The summed E-state index contributed by atoms with van der Waals surface area (Å²) in [6, 6.07) is 5.26. The van der Waals surface area contributed by atoms with Crippen molar-refractivity contribution in [1.29, 1.82) is 0 Å². The second-order valence-electron chi connectivity index (χ2n) is 5.16. The molecule has 24 heavy (non-hydrogen) atoms. The summed E-state index contributed by atoms with van der Waals surface area (Å²) in [6.07, 6.45) is 1.60. The summed E-state index contributed by atoms with van der Waals surface area (Å²) in [7, 11) is 0. The molecule has 3 rings (SSSR count). The van der Waals surface area contributed by atoms with Gasteiger partial charge in [-0.25, -0.2) is 4.68 Å². The van der Waals surface area contributed by atoms with E-state index >= 15 is 0 Å². The lowest BCUT2D eigenvalue weighted by molar-refractivity contribution is -0.380. The monoisotopic (exact) mass is 348 g/mol. The Morgan fingerprint density at radius 3 is 2.96 bits per heavy atom. The van der Waals surface area contributed by atoms with Gasteiger partial charge in [0.25, 0.3) is 0 Å². The lowest BCUT2D eigenvalue weighted by Gasteiger charge is -2.07. The molecule has 3 aromatic heterocycles. The van der Waals surface area contributed by atoms with Crippen molar-refractivity contribution in [2.75, 3.05) is 11.9 Å². The number of anilines is 1. The van der Waals surface area contributed by atoms with Gasteiger partial charge in [-0.05, 0) is 18.6 Å². The molecule has 9 heteroatoms. The van der Waals surface area contributed by atoms with Crippen molar-refractivity contribution in [3.05, 3.63) is 51.3 Å². The molecule has 3 aromatic rings. The highest BCUT2D eigenvalue weighted by Crippen LogP contribution is 2.27. The van der Waals surface area contributed by atoms with Crippen molar-refractivity contribution in [1.82, 2.24) is 9.78 Å². The summed E-state index contributed by atoms with van der Waals surface area (Å²) in [6.45, 7) is 2.61. The van der Waals surface area contributed by atoms with E-state index in [1.165, 1.54) is 0 Å². The molecule has 0 fully saturated rings. The maximum atomic E-state index is 10.7. The third-order valence-electron chi connectivity index (χ3n) is 3.52. The number of nitrogens with zero attached hydrogens (tertiary/aromatic N) is 3. The lowest BCUT2D eigenvalue weighted by atomic mass is 10.2. The summed E-state index contributed by atoms with van der Waals surface area (Å²) >= 11 is 1.10. The van der Waals surface area contributed by atoms with Crippen LogP contribution in [0.2, 0.25) is 0 Å². The first-order chi connectivity index (χ1) is 11.6. The molecule has 0 aromatic carbocycles. The van der Waals surface area contributed by atoms with Crippen LogP contribution in [-0.2, 0) is 13.1 Å². The van der Waals surface area contributed by atoms with Crippen LogP contribution < -0.4 is 5.32 Å². The van der Waals surface area contributed by atoms with E-state index in [2.05, 4.69) is 10.4 Å². The van der Waals surface area contributed by atoms with Crippen LogP contribution in [0.4, 0.5) is 10.8 Å². The molecule has 0 unspecified atom stereocenters. The first-order valence-corrected chi connectivity index (χ1v) is 8.15. The minimum Gasteiger partial charge on any atom is -0.469 e. The molecule has 0 aliphatic carbocycles. The minimum absolute atomic E-state index is 0.0376. The minimum atomic E-state index is -0.399. The van der Waals surface area contributed by atoms with Gasteiger partial charge < -0.3 is 14.8 Å². The van der Waals surface area contributed by atoms with Gasteiger partial charge in [-0.1, -0.05) is 11.3 Å². The first kappa shape index (κ1) is 16.2. The Kier molecular flexibility index (Phi) is 4.63. The Labute approximate surface area is 141 Å². The summed E-state index contributed by atoms with van der Waals surface area (Å²) in [5.41, 5.74) is 2.46. The SMILES string of the molecule is Cc1occc1-c1cc(NCc2csc([N+](=O)[O-])c2)n(CCO)n1. The topological polar surface area (TPSA) is 106 Å². The molecule has 3 heterocycles. The third kappa shape index (κ3) is 3.31. The predicted molar refractivity (Wildman–Crippen MR) is 90.1 cm³/mol.